The van der Waals surface area contributed by atoms with E-state index in [-0.39, 0.29) is 0 Å². The fraction of sp³-hybridized carbons (Fsp3) is 0.308. The molecule has 2 N–H and O–H groups in total. The molecule has 0 unspecified atom stereocenters. The summed E-state index contributed by atoms with van der Waals surface area (Å²) in [5, 5.41) is 0. The lowest BCUT2D eigenvalue weighted by molar-refractivity contribution is -0.155. The molecule has 0 bridgehead atoms. The van der Waals surface area contributed by atoms with Crippen molar-refractivity contribution in [1.29, 1.82) is 0 Å². The van der Waals surface area contributed by atoms with E-state index in [2.05, 4.69) is 0 Å². The summed E-state index contributed by atoms with van der Waals surface area (Å²) in [6.07, 6.45) is 0. The minimum atomic E-state index is -0.453. The third-order valence-corrected chi connectivity index (χ3v) is 3.37. The van der Waals surface area contributed by atoms with Crippen LogP contribution in [0.2, 0.25) is 0 Å². The van der Waals surface area contributed by atoms with Gasteiger partial charge in [-0.05, 0) is 5.56 Å². The number of likely N-dealkylation sites (N-methyl/N-ethyl adjacent to an activating group) is 1. The summed E-state index contributed by atoms with van der Waals surface area (Å²) in [6.45, 7) is 1.55. The number of amides is 2. The molecule has 1 aromatic rings. The van der Waals surface area contributed by atoms with E-state index in [1.807, 2.05) is 24.3 Å². The van der Waals surface area contributed by atoms with Crippen LogP contribution >= 0.6 is 12.2 Å². The van der Waals surface area contributed by atoms with Gasteiger partial charge in [-0.25, -0.2) is 0 Å². The van der Waals surface area contributed by atoms with Gasteiger partial charge in [0.1, 0.15) is 4.99 Å². The molecule has 1 aliphatic heterocycles. The Morgan fingerprint density at radius 1 is 1.21 bits per heavy atom. The number of hydrogen-bond donors (Lipinski definition) is 1. The molecule has 6 heteroatoms. The summed E-state index contributed by atoms with van der Waals surface area (Å²) >= 11 is 4.88. The summed E-state index contributed by atoms with van der Waals surface area (Å²) in [5.74, 6) is -0.904. The van der Waals surface area contributed by atoms with Gasteiger partial charge in [0.15, 0.2) is 0 Å². The van der Waals surface area contributed by atoms with Gasteiger partial charge in [0.2, 0.25) is 0 Å². The fourth-order valence-corrected chi connectivity index (χ4v) is 2.05. The number of carbonyl (C=O) groups excluding carboxylic acids is 2. The van der Waals surface area contributed by atoms with Crippen LogP contribution < -0.4 is 5.73 Å². The minimum absolute atomic E-state index is 0.345. The van der Waals surface area contributed by atoms with Crippen LogP contribution in [0.4, 0.5) is 0 Å². The number of rotatable bonds is 3. The van der Waals surface area contributed by atoms with Crippen molar-refractivity contribution in [3.63, 3.8) is 0 Å². The van der Waals surface area contributed by atoms with Crippen molar-refractivity contribution < 1.29 is 9.59 Å². The van der Waals surface area contributed by atoms with Gasteiger partial charge in [0.05, 0.1) is 0 Å². The van der Waals surface area contributed by atoms with E-state index < -0.39 is 11.8 Å². The molecular weight excluding hydrogens is 262 g/mol. The summed E-state index contributed by atoms with van der Waals surface area (Å²) in [6, 6.07) is 7.37. The van der Waals surface area contributed by atoms with Crippen LogP contribution in [-0.2, 0) is 16.1 Å². The molecule has 5 nitrogen and oxygen atoms in total. The Bertz CT molecular complexity index is 527. The molecule has 0 radical (unpaired) electrons. The van der Waals surface area contributed by atoms with E-state index in [1.54, 1.807) is 11.9 Å². The zero-order valence-electron chi connectivity index (χ0n) is 10.6. The third kappa shape index (κ3) is 2.90. The normalized spacial score (nSPS) is 15.8. The van der Waals surface area contributed by atoms with Crippen molar-refractivity contribution in [2.45, 2.75) is 6.54 Å². The Labute approximate surface area is 117 Å². The molecule has 2 amide bonds. The average Bonchev–Trinajstić information content (AvgIpc) is 2.40. The number of thiocarbonyl (C=S) groups is 1. The van der Waals surface area contributed by atoms with E-state index >= 15 is 0 Å². The van der Waals surface area contributed by atoms with Crippen LogP contribution in [0, 0.1) is 0 Å². The molecule has 1 aromatic carbocycles. The van der Waals surface area contributed by atoms with Crippen molar-refractivity contribution in [2.24, 2.45) is 5.73 Å². The largest absolute Gasteiger partial charge is 0.389 e. The summed E-state index contributed by atoms with van der Waals surface area (Å²) in [4.78, 5) is 26.7. The van der Waals surface area contributed by atoms with Gasteiger partial charge >= 0.3 is 11.8 Å². The van der Waals surface area contributed by atoms with Gasteiger partial charge in [0, 0.05) is 32.2 Å². The van der Waals surface area contributed by atoms with Gasteiger partial charge in [-0.1, -0.05) is 36.5 Å². The first kappa shape index (κ1) is 13.5. The highest BCUT2D eigenvalue weighted by Crippen LogP contribution is 2.11. The third-order valence-electron chi connectivity index (χ3n) is 3.13. The van der Waals surface area contributed by atoms with Crippen molar-refractivity contribution >= 4 is 29.0 Å². The molecule has 1 aliphatic rings. The highest BCUT2D eigenvalue weighted by molar-refractivity contribution is 7.80. The number of nitrogens with zero attached hydrogens (tertiary/aromatic N) is 2. The predicted molar refractivity (Wildman–Crippen MR) is 75.4 cm³/mol. The van der Waals surface area contributed by atoms with Crippen LogP contribution in [0.15, 0.2) is 24.3 Å². The molecule has 0 atom stereocenters. The number of nitrogens with two attached hydrogens (primary N) is 1. The lowest BCUT2D eigenvalue weighted by Crippen LogP contribution is -2.52. The van der Waals surface area contributed by atoms with E-state index in [1.165, 1.54) is 4.90 Å². The summed E-state index contributed by atoms with van der Waals surface area (Å²) < 4.78 is 0. The van der Waals surface area contributed by atoms with Crippen LogP contribution in [0.5, 0.6) is 0 Å². The number of benzene rings is 1. The van der Waals surface area contributed by atoms with Crippen molar-refractivity contribution in [1.82, 2.24) is 9.80 Å². The zero-order valence-corrected chi connectivity index (χ0v) is 11.4. The van der Waals surface area contributed by atoms with E-state index in [0.29, 0.717) is 24.6 Å². The second-order valence-electron chi connectivity index (χ2n) is 4.51. The van der Waals surface area contributed by atoms with Crippen LogP contribution in [0.1, 0.15) is 11.1 Å². The monoisotopic (exact) mass is 277 g/mol. The van der Waals surface area contributed by atoms with Gasteiger partial charge in [0.25, 0.3) is 0 Å². The van der Waals surface area contributed by atoms with Gasteiger partial charge in [-0.2, -0.15) is 0 Å². The standard InChI is InChI=1S/C13H15N3O2S/c1-15-6-7-16(13(18)12(15)17)8-9-2-4-10(5-3-9)11(14)19/h2-5H,6-8H2,1H3,(H2,14,19). The SMILES string of the molecule is CN1CCN(Cc2ccc(C(N)=S)cc2)C(=O)C1=O. The molecule has 0 aromatic heterocycles. The van der Waals surface area contributed by atoms with E-state index in [0.717, 1.165) is 11.1 Å². The van der Waals surface area contributed by atoms with Crippen LogP contribution in [0.3, 0.4) is 0 Å². The highest BCUT2D eigenvalue weighted by atomic mass is 32.1. The van der Waals surface area contributed by atoms with Gasteiger partial charge in [-0.3, -0.25) is 9.59 Å². The second kappa shape index (κ2) is 5.36. The molecule has 0 spiro atoms. The molecule has 100 valence electrons. The molecule has 1 fully saturated rings. The lowest BCUT2D eigenvalue weighted by Gasteiger charge is -2.31. The number of piperazine rings is 1. The maximum atomic E-state index is 11.8. The second-order valence-corrected chi connectivity index (χ2v) is 4.95. The van der Waals surface area contributed by atoms with Crippen LogP contribution in [0.25, 0.3) is 0 Å². The molecule has 0 saturated carbocycles. The molecular formula is C13H15N3O2S. The first-order valence-electron chi connectivity index (χ1n) is 5.92. The van der Waals surface area contributed by atoms with Gasteiger partial charge in [-0.15, -0.1) is 0 Å². The first-order chi connectivity index (χ1) is 8.99. The summed E-state index contributed by atoms with van der Waals surface area (Å²) in [7, 11) is 1.63. The summed E-state index contributed by atoms with van der Waals surface area (Å²) in [5.41, 5.74) is 7.26. The molecule has 0 aliphatic carbocycles. The highest BCUT2D eigenvalue weighted by Gasteiger charge is 2.29. The fourth-order valence-electron chi connectivity index (χ4n) is 1.92. The molecule has 19 heavy (non-hydrogen) atoms. The molecule has 2 rings (SSSR count). The van der Waals surface area contributed by atoms with Crippen molar-refractivity contribution in [3.05, 3.63) is 35.4 Å². The van der Waals surface area contributed by atoms with Crippen LogP contribution in [-0.4, -0.2) is 46.7 Å². The Hall–Kier alpha value is -1.95. The quantitative estimate of drug-likeness (QED) is 0.629. The Kier molecular flexibility index (Phi) is 3.80. The minimum Gasteiger partial charge on any atom is -0.389 e. The Balaban J connectivity index is 2.07. The van der Waals surface area contributed by atoms with E-state index in [4.69, 9.17) is 18.0 Å². The molecule has 1 saturated heterocycles. The van der Waals surface area contributed by atoms with Crippen molar-refractivity contribution in [3.8, 4) is 0 Å². The average molecular weight is 277 g/mol. The molecule has 1 heterocycles. The maximum absolute atomic E-state index is 11.8. The Morgan fingerprint density at radius 2 is 1.84 bits per heavy atom. The van der Waals surface area contributed by atoms with E-state index in [9.17, 15) is 9.59 Å². The van der Waals surface area contributed by atoms with Crippen molar-refractivity contribution in [2.75, 3.05) is 20.1 Å². The topological polar surface area (TPSA) is 66.6 Å². The smallest absolute Gasteiger partial charge is 0.312 e. The Morgan fingerprint density at radius 3 is 2.42 bits per heavy atom. The lowest BCUT2D eigenvalue weighted by atomic mass is 10.1. The van der Waals surface area contributed by atoms with Gasteiger partial charge < -0.3 is 15.5 Å². The number of carbonyl (C=O) groups is 2. The maximum Gasteiger partial charge on any atom is 0.312 e. The first-order valence-corrected chi connectivity index (χ1v) is 6.33. The predicted octanol–water partition coefficient (Wildman–Crippen LogP) is 0.121. The zero-order chi connectivity index (χ0) is 14.0. The number of hydrogen-bond acceptors (Lipinski definition) is 3.